The van der Waals surface area contributed by atoms with Gasteiger partial charge in [0.2, 0.25) is 10.0 Å². The minimum atomic E-state index is -3.87. The van der Waals surface area contributed by atoms with Crippen LogP contribution in [0.3, 0.4) is 0 Å². The van der Waals surface area contributed by atoms with Crippen LogP contribution < -0.4 is 0 Å². The van der Waals surface area contributed by atoms with Gasteiger partial charge < -0.3 is 5.11 Å². The third-order valence-corrected chi connectivity index (χ3v) is 6.40. The van der Waals surface area contributed by atoms with Gasteiger partial charge in [-0.15, -0.1) is 12.6 Å². The van der Waals surface area contributed by atoms with Crippen LogP contribution in [0, 0.1) is 0 Å². The fourth-order valence-electron chi connectivity index (χ4n) is 2.80. The van der Waals surface area contributed by atoms with E-state index in [1.54, 1.807) is 0 Å². The molecule has 144 valence electrons. The van der Waals surface area contributed by atoms with Crippen molar-refractivity contribution in [3.8, 4) is 0 Å². The zero-order chi connectivity index (χ0) is 20.1. The Balaban J connectivity index is 2.00. The van der Waals surface area contributed by atoms with E-state index in [1.807, 2.05) is 60.7 Å². The Morgan fingerprint density at radius 1 is 0.857 bits per heavy atom. The van der Waals surface area contributed by atoms with Crippen molar-refractivity contribution >= 4 is 28.6 Å². The van der Waals surface area contributed by atoms with Crippen molar-refractivity contribution in [3.05, 3.63) is 95.6 Å². The zero-order valence-corrected chi connectivity index (χ0v) is 16.6. The average molecular weight is 414 g/mol. The van der Waals surface area contributed by atoms with Crippen LogP contribution in [0.4, 0.5) is 0 Å². The molecule has 0 radical (unpaired) electrons. The number of hydrogen-bond acceptors (Lipinski definition) is 4. The first-order valence-electron chi connectivity index (χ1n) is 8.52. The van der Waals surface area contributed by atoms with Gasteiger partial charge in [-0.3, -0.25) is 0 Å². The number of carboxylic acid groups (broad SMARTS) is 1. The first-order valence-corrected chi connectivity index (χ1v) is 10.4. The molecule has 3 aromatic rings. The fraction of sp³-hybridized carbons (Fsp3) is 0.0952. The van der Waals surface area contributed by atoms with E-state index in [-0.39, 0.29) is 28.4 Å². The van der Waals surface area contributed by atoms with Gasteiger partial charge in [0.1, 0.15) is 0 Å². The Kier molecular flexibility index (Phi) is 6.18. The van der Waals surface area contributed by atoms with Gasteiger partial charge in [-0.1, -0.05) is 60.7 Å². The lowest BCUT2D eigenvalue weighted by molar-refractivity contribution is 0.0693. The van der Waals surface area contributed by atoms with Crippen LogP contribution in [0.5, 0.6) is 0 Å². The molecule has 0 atom stereocenters. The number of aromatic carboxylic acids is 1. The lowest BCUT2D eigenvalue weighted by Crippen LogP contribution is -2.30. The van der Waals surface area contributed by atoms with Crippen molar-refractivity contribution in [2.45, 2.75) is 22.9 Å². The van der Waals surface area contributed by atoms with Crippen molar-refractivity contribution in [3.63, 3.8) is 0 Å². The summed E-state index contributed by atoms with van der Waals surface area (Å²) in [6, 6.07) is 22.5. The molecule has 3 rings (SSSR count). The maximum absolute atomic E-state index is 13.3. The third-order valence-electron chi connectivity index (χ3n) is 4.24. The van der Waals surface area contributed by atoms with E-state index in [1.165, 1.54) is 22.5 Å². The van der Waals surface area contributed by atoms with Gasteiger partial charge in [-0.05, 0) is 29.3 Å². The number of carboxylic acids is 1. The number of carbonyl (C=O) groups is 1. The second kappa shape index (κ2) is 8.60. The first kappa shape index (κ1) is 20.1. The quantitative estimate of drug-likeness (QED) is 0.573. The normalized spacial score (nSPS) is 11.5. The fourth-order valence-corrected chi connectivity index (χ4v) is 4.64. The lowest BCUT2D eigenvalue weighted by atomic mass is 10.2. The summed E-state index contributed by atoms with van der Waals surface area (Å²) in [6.07, 6.45) is 0. The topological polar surface area (TPSA) is 74.7 Å². The summed E-state index contributed by atoms with van der Waals surface area (Å²) < 4.78 is 28.0. The van der Waals surface area contributed by atoms with E-state index >= 15 is 0 Å². The molecule has 0 saturated carbocycles. The molecule has 28 heavy (non-hydrogen) atoms. The number of benzene rings is 3. The van der Waals surface area contributed by atoms with Gasteiger partial charge >= 0.3 is 5.97 Å². The summed E-state index contributed by atoms with van der Waals surface area (Å²) in [7, 11) is -3.87. The van der Waals surface area contributed by atoms with E-state index in [2.05, 4.69) is 12.6 Å². The molecule has 0 aliphatic rings. The maximum Gasteiger partial charge on any atom is 0.336 e. The predicted octanol–water partition coefficient (Wildman–Crippen LogP) is 4.06. The Hall–Kier alpha value is -2.61. The monoisotopic (exact) mass is 413 g/mol. The Bertz CT molecular complexity index is 1030. The number of rotatable bonds is 7. The molecular formula is C21H19NO4S2. The van der Waals surface area contributed by atoms with Crippen molar-refractivity contribution in [2.24, 2.45) is 0 Å². The van der Waals surface area contributed by atoms with Crippen LogP contribution in [0.25, 0.3) is 0 Å². The standard InChI is InChI=1S/C21H19NO4S2/c23-21(24)19-12-11-18(13-20(19)27)28(25,26)22(14-16-7-3-1-4-8-16)15-17-9-5-2-6-10-17/h1-13,27H,14-15H2,(H,23,24). The molecule has 5 nitrogen and oxygen atoms in total. The minimum Gasteiger partial charge on any atom is -0.478 e. The van der Waals surface area contributed by atoms with E-state index in [0.717, 1.165) is 11.1 Å². The third kappa shape index (κ3) is 4.62. The molecule has 3 aromatic carbocycles. The average Bonchev–Trinajstić information content (AvgIpc) is 2.68. The Morgan fingerprint density at radius 3 is 1.79 bits per heavy atom. The van der Waals surface area contributed by atoms with E-state index in [4.69, 9.17) is 5.11 Å². The zero-order valence-electron chi connectivity index (χ0n) is 14.9. The molecule has 0 aromatic heterocycles. The summed E-state index contributed by atoms with van der Waals surface area (Å²) in [6.45, 7) is 0.390. The number of thiol groups is 1. The summed E-state index contributed by atoms with van der Waals surface area (Å²) in [5.41, 5.74) is 1.67. The Morgan fingerprint density at radius 2 is 1.36 bits per heavy atom. The smallest absolute Gasteiger partial charge is 0.336 e. The lowest BCUT2D eigenvalue weighted by Gasteiger charge is -2.23. The summed E-state index contributed by atoms with van der Waals surface area (Å²) in [4.78, 5) is 11.3. The van der Waals surface area contributed by atoms with Crippen LogP contribution in [0.2, 0.25) is 0 Å². The van der Waals surface area contributed by atoms with Crippen molar-refractivity contribution in [1.29, 1.82) is 0 Å². The second-order valence-corrected chi connectivity index (χ2v) is 8.65. The SMILES string of the molecule is O=C(O)c1ccc(S(=O)(=O)N(Cc2ccccc2)Cc2ccccc2)cc1S. The Labute approximate surface area is 169 Å². The van der Waals surface area contributed by atoms with E-state index in [0.29, 0.717) is 0 Å². The van der Waals surface area contributed by atoms with Crippen molar-refractivity contribution < 1.29 is 18.3 Å². The van der Waals surface area contributed by atoms with Gasteiger partial charge in [0.15, 0.2) is 0 Å². The number of sulfonamides is 1. The summed E-state index contributed by atoms with van der Waals surface area (Å²) >= 11 is 4.14. The maximum atomic E-state index is 13.3. The second-order valence-electron chi connectivity index (χ2n) is 6.23. The first-order chi connectivity index (χ1) is 13.4. The molecule has 0 aliphatic carbocycles. The van der Waals surface area contributed by atoms with Gasteiger partial charge in [0.25, 0.3) is 0 Å². The molecule has 0 fully saturated rings. The highest BCUT2D eigenvalue weighted by atomic mass is 32.2. The molecule has 0 spiro atoms. The summed E-state index contributed by atoms with van der Waals surface area (Å²) in [5.74, 6) is -1.15. The van der Waals surface area contributed by atoms with Crippen LogP contribution in [0.1, 0.15) is 21.5 Å². The van der Waals surface area contributed by atoms with Gasteiger partial charge in [-0.25, -0.2) is 13.2 Å². The molecular weight excluding hydrogens is 394 g/mol. The number of nitrogens with zero attached hydrogens (tertiary/aromatic N) is 1. The molecule has 0 saturated heterocycles. The summed E-state index contributed by atoms with van der Waals surface area (Å²) in [5, 5.41) is 9.15. The van der Waals surface area contributed by atoms with E-state index in [9.17, 15) is 13.2 Å². The van der Waals surface area contributed by atoms with Crippen molar-refractivity contribution in [2.75, 3.05) is 0 Å². The molecule has 0 aliphatic heterocycles. The molecule has 0 amide bonds. The highest BCUT2D eigenvalue weighted by molar-refractivity contribution is 7.89. The van der Waals surface area contributed by atoms with Gasteiger partial charge in [0.05, 0.1) is 10.5 Å². The molecule has 0 bridgehead atoms. The van der Waals surface area contributed by atoms with Gasteiger partial charge in [0, 0.05) is 18.0 Å². The molecule has 7 heteroatoms. The minimum absolute atomic E-state index is 0.00867. The highest BCUT2D eigenvalue weighted by Crippen LogP contribution is 2.25. The predicted molar refractivity (Wildman–Crippen MR) is 110 cm³/mol. The van der Waals surface area contributed by atoms with Gasteiger partial charge in [-0.2, -0.15) is 4.31 Å². The molecule has 1 N–H and O–H groups in total. The number of hydrogen-bond donors (Lipinski definition) is 2. The molecule has 0 heterocycles. The van der Waals surface area contributed by atoms with Crippen LogP contribution >= 0.6 is 12.6 Å². The van der Waals surface area contributed by atoms with Crippen molar-refractivity contribution in [1.82, 2.24) is 4.31 Å². The van der Waals surface area contributed by atoms with E-state index < -0.39 is 16.0 Å². The molecule has 0 unspecified atom stereocenters. The van der Waals surface area contributed by atoms with Crippen LogP contribution in [-0.2, 0) is 23.1 Å². The van der Waals surface area contributed by atoms with Crippen LogP contribution in [0.15, 0.2) is 88.7 Å². The largest absolute Gasteiger partial charge is 0.478 e. The highest BCUT2D eigenvalue weighted by Gasteiger charge is 2.26. The van der Waals surface area contributed by atoms with Crippen LogP contribution in [-0.4, -0.2) is 23.8 Å².